The van der Waals surface area contributed by atoms with Gasteiger partial charge in [0.15, 0.2) is 0 Å². The normalized spacial score (nSPS) is 12.7. The van der Waals surface area contributed by atoms with Crippen LogP contribution in [-0.2, 0) is 6.42 Å². The van der Waals surface area contributed by atoms with Gasteiger partial charge in [-0.1, -0.05) is 56.3 Å². The maximum absolute atomic E-state index is 6.34. The van der Waals surface area contributed by atoms with Gasteiger partial charge in [0.1, 0.15) is 0 Å². The predicted molar refractivity (Wildman–Crippen MR) is 87.1 cm³/mol. The quantitative estimate of drug-likeness (QED) is 0.856. The minimum absolute atomic E-state index is 0.0687. The first-order chi connectivity index (χ1) is 9.47. The molecule has 0 saturated carbocycles. The van der Waals surface area contributed by atoms with E-state index < -0.39 is 0 Å². The number of aryl methyl sites for hydroxylation is 2. The lowest BCUT2D eigenvalue weighted by atomic mass is 9.95. The van der Waals surface area contributed by atoms with Gasteiger partial charge in [-0.25, -0.2) is 0 Å². The van der Waals surface area contributed by atoms with Gasteiger partial charge in [0.05, 0.1) is 0 Å². The molecule has 0 aromatic heterocycles. The lowest BCUT2D eigenvalue weighted by Gasteiger charge is -2.14. The molecule has 0 radical (unpaired) electrons. The van der Waals surface area contributed by atoms with Crippen LogP contribution in [-0.4, -0.2) is 0 Å². The van der Waals surface area contributed by atoms with Crippen molar-refractivity contribution in [2.24, 2.45) is 5.73 Å². The van der Waals surface area contributed by atoms with E-state index in [1.165, 1.54) is 27.8 Å². The number of benzene rings is 2. The molecule has 0 heterocycles. The first-order valence-corrected chi connectivity index (χ1v) is 7.39. The number of hydrogen-bond donors (Lipinski definition) is 1. The van der Waals surface area contributed by atoms with E-state index in [2.05, 4.69) is 70.2 Å². The molecular formula is C19H25N. The molecule has 0 fully saturated rings. The van der Waals surface area contributed by atoms with Crippen LogP contribution >= 0.6 is 0 Å². The second-order valence-electron chi connectivity index (χ2n) is 6.05. The Bertz CT molecular complexity index is 567. The second-order valence-corrected chi connectivity index (χ2v) is 6.05. The van der Waals surface area contributed by atoms with E-state index in [0.29, 0.717) is 5.92 Å². The van der Waals surface area contributed by atoms with E-state index in [9.17, 15) is 0 Å². The lowest BCUT2D eigenvalue weighted by molar-refractivity contribution is 0.720. The summed E-state index contributed by atoms with van der Waals surface area (Å²) in [5.41, 5.74) is 12.9. The van der Waals surface area contributed by atoms with Crippen LogP contribution < -0.4 is 5.73 Å². The zero-order valence-corrected chi connectivity index (χ0v) is 13.0. The van der Waals surface area contributed by atoms with Gasteiger partial charge in [0.2, 0.25) is 0 Å². The van der Waals surface area contributed by atoms with Gasteiger partial charge >= 0.3 is 0 Å². The standard InChI is InChI=1S/C19H25N/c1-13(2)17-9-6-16(7-10-17)12-19(20)18-8-5-14(3)15(4)11-18/h5-11,13,19H,12,20H2,1-4H3. The highest BCUT2D eigenvalue weighted by Gasteiger charge is 2.08. The van der Waals surface area contributed by atoms with Gasteiger partial charge in [-0.2, -0.15) is 0 Å². The Balaban J connectivity index is 2.10. The summed E-state index contributed by atoms with van der Waals surface area (Å²) in [6, 6.07) is 15.4. The van der Waals surface area contributed by atoms with Gasteiger partial charge < -0.3 is 5.73 Å². The SMILES string of the molecule is Cc1ccc(C(N)Cc2ccc(C(C)C)cc2)cc1C. The maximum atomic E-state index is 6.34. The van der Waals surface area contributed by atoms with Crippen molar-refractivity contribution >= 4 is 0 Å². The zero-order chi connectivity index (χ0) is 14.7. The molecule has 1 nitrogen and oxygen atoms in total. The third-order valence-corrected chi connectivity index (χ3v) is 4.06. The molecule has 1 atom stereocenters. The Morgan fingerprint density at radius 2 is 1.45 bits per heavy atom. The third-order valence-electron chi connectivity index (χ3n) is 4.06. The zero-order valence-electron chi connectivity index (χ0n) is 13.0. The molecule has 2 aromatic carbocycles. The van der Waals surface area contributed by atoms with Crippen molar-refractivity contribution in [3.05, 3.63) is 70.3 Å². The van der Waals surface area contributed by atoms with Gasteiger partial charge in [0, 0.05) is 6.04 Å². The fraction of sp³-hybridized carbons (Fsp3) is 0.368. The van der Waals surface area contributed by atoms with Gasteiger partial charge in [-0.15, -0.1) is 0 Å². The Kier molecular flexibility index (Phi) is 4.61. The molecule has 0 spiro atoms. The number of hydrogen-bond acceptors (Lipinski definition) is 1. The van der Waals surface area contributed by atoms with Crippen LogP contribution in [0.1, 0.15) is 53.6 Å². The van der Waals surface area contributed by atoms with Crippen molar-refractivity contribution in [1.29, 1.82) is 0 Å². The first-order valence-electron chi connectivity index (χ1n) is 7.39. The molecule has 20 heavy (non-hydrogen) atoms. The summed E-state index contributed by atoms with van der Waals surface area (Å²) in [6.07, 6.45) is 0.890. The monoisotopic (exact) mass is 267 g/mol. The van der Waals surface area contributed by atoms with Gasteiger partial charge in [-0.3, -0.25) is 0 Å². The Hall–Kier alpha value is -1.60. The summed E-state index contributed by atoms with van der Waals surface area (Å²) in [7, 11) is 0. The molecule has 2 aromatic rings. The van der Waals surface area contributed by atoms with Crippen LogP contribution in [0.4, 0.5) is 0 Å². The fourth-order valence-electron chi connectivity index (χ4n) is 2.41. The molecule has 0 aliphatic carbocycles. The van der Waals surface area contributed by atoms with E-state index in [1.807, 2.05) is 0 Å². The Morgan fingerprint density at radius 1 is 0.850 bits per heavy atom. The van der Waals surface area contributed by atoms with Crippen molar-refractivity contribution in [2.45, 2.75) is 46.1 Å². The van der Waals surface area contributed by atoms with Crippen molar-refractivity contribution in [1.82, 2.24) is 0 Å². The summed E-state index contributed by atoms with van der Waals surface area (Å²) < 4.78 is 0. The van der Waals surface area contributed by atoms with E-state index in [4.69, 9.17) is 5.73 Å². The average molecular weight is 267 g/mol. The van der Waals surface area contributed by atoms with Crippen LogP contribution in [0.15, 0.2) is 42.5 Å². The Morgan fingerprint density at radius 3 is 2.00 bits per heavy atom. The largest absolute Gasteiger partial charge is 0.324 e. The van der Waals surface area contributed by atoms with Gasteiger partial charge in [0.25, 0.3) is 0 Å². The lowest BCUT2D eigenvalue weighted by Crippen LogP contribution is -2.13. The van der Waals surface area contributed by atoms with Crippen molar-refractivity contribution in [3.63, 3.8) is 0 Å². The molecule has 106 valence electrons. The highest BCUT2D eigenvalue weighted by molar-refractivity contribution is 5.33. The molecular weight excluding hydrogens is 242 g/mol. The van der Waals surface area contributed by atoms with Crippen molar-refractivity contribution in [3.8, 4) is 0 Å². The predicted octanol–water partition coefficient (Wildman–Crippen LogP) is 4.67. The van der Waals surface area contributed by atoms with E-state index in [-0.39, 0.29) is 6.04 Å². The molecule has 1 unspecified atom stereocenters. The van der Waals surface area contributed by atoms with Crippen LogP contribution in [0.3, 0.4) is 0 Å². The average Bonchev–Trinajstić information content (AvgIpc) is 2.42. The minimum Gasteiger partial charge on any atom is -0.324 e. The second kappa shape index (κ2) is 6.23. The number of nitrogens with two attached hydrogens (primary N) is 1. The van der Waals surface area contributed by atoms with Crippen LogP contribution in [0, 0.1) is 13.8 Å². The molecule has 1 heteroatoms. The molecule has 0 aliphatic rings. The molecule has 0 amide bonds. The van der Waals surface area contributed by atoms with Crippen LogP contribution in [0.25, 0.3) is 0 Å². The van der Waals surface area contributed by atoms with E-state index in [1.54, 1.807) is 0 Å². The summed E-state index contributed by atoms with van der Waals surface area (Å²) in [4.78, 5) is 0. The summed E-state index contributed by atoms with van der Waals surface area (Å²) in [5, 5.41) is 0. The smallest absolute Gasteiger partial charge is 0.0335 e. The van der Waals surface area contributed by atoms with Crippen molar-refractivity contribution in [2.75, 3.05) is 0 Å². The first kappa shape index (κ1) is 14.8. The molecule has 0 aliphatic heterocycles. The Labute approximate surface area is 122 Å². The molecule has 2 N–H and O–H groups in total. The van der Waals surface area contributed by atoms with Crippen molar-refractivity contribution < 1.29 is 0 Å². The summed E-state index contributed by atoms with van der Waals surface area (Å²) >= 11 is 0. The topological polar surface area (TPSA) is 26.0 Å². The highest BCUT2D eigenvalue weighted by atomic mass is 14.6. The fourth-order valence-corrected chi connectivity index (χ4v) is 2.41. The van der Waals surface area contributed by atoms with E-state index in [0.717, 1.165) is 6.42 Å². The maximum Gasteiger partial charge on any atom is 0.0335 e. The van der Waals surface area contributed by atoms with Crippen LogP contribution in [0.2, 0.25) is 0 Å². The third kappa shape index (κ3) is 3.49. The molecule has 2 rings (SSSR count). The highest BCUT2D eigenvalue weighted by Crippen LogP contribution is 2.21. The van der Waals surface area contributed by atoms with E-state index >= 15 is 0 Å². The van der Waals surface area contributed by atoms with Crippen LogP contribution in [0.5, 0.6) is 0 Å². The number of rotatable bonds is 4. The summed E-state index contributed by atoms with van der Waals surface area (Å²) in [6.45, 7) is 8.71. The summed E-state index contributed by atoms with van der Waals surface area (Å²) in [5.74, 6) is 0.581. The minimum atomic E-state index is 0.0687. The molecule has 0 saturated heterocycles. The van der Waals surface area contributed by atoms with Gasteiger partial charge in [-0.05, 0) is 54.0 Å². The molecule has 0 bridgehead atoms.